The third-order valence-electron chi connectivity index (χ3n) is 4.53. The van der Waals surface area contributed by atoms with Gasteiger partial charge in [-0.15, -0.1) is 0 Å². The molecule has 0 saturated heterocycles. The van der Waals surface area contributed by atoms with Crippen LogP contribution in [0.5, 0.6) is 11.5 Å². The summed E-state index contributed by atoms with van der Waals surface area (Å²) in [4.78, 5) is 14.7. The average Bonchev–Trinajstić information content (AvgIpc) is 2.62. The second-order valence-corrected chi connectivity index (χ2v) is 5.96. The first-order chi connectivity index (χ1) is 11.7. The lowest BCUT2D eigenvalue weighted by Crippen LogP contribution is -2.34. The van der Waals surface area contributed by atoms with Gasteiger partial charge in [-0.05, 0) is 25.2 Å². The van der Waals surface area contributed by atoms with Crippen molar-refractivity contribution in [2.45, 2.75) is 26.3 Å². The fourth-order valence-electron chi connectivity index (χ4n) is 3.10. The average molecular weight is 324 g/mol. The van der Waals surface area contributed by atoms with Crippen molar-refractivity contribution < 1.29 is 9.53 Å². The molecular weight excluding hydrogens is 300 g/mol. The third-order valence-corrected chi connectivity index (χ3v) is 4.53. The highest BCUT2D eigenvalue weighted by molar-refractivity contribution is 5.78. The maximum absolute atomic E-state index is 12.5. The first-order valence-electron chi connectivity index (χ1n) is 8.60. The predicted molar refractivity (Wildman–Crippen MR) is 95.3 cm³/mol. The van der Waals surface area contributed by atoms with Gasteiger partial charge in [-0.25, -0.2) is 0 Å². The van der Waals surface area contributed by atoms with Gasteiger partial charge in [0, 0.05) is 24.1 Å². The van der Waals surface area contributed by atoms with E-state index in [2.05, 4.69) is 24.1 Å². The number of amides is 1. The van der Waals surface area contributed by atoms with E-state index in [4.69, 9.17) is 4.74 Å². The molecule has 0 radical (unpaired) electrons. The van der Waals surface area contributed by atoms with Crippen molar-refractivity contribution >= 4 is 5.91 Å². The highest BCUT2D eigenvalue weighted by Crippen LogP contribution is 2.42. The van der Waals surface area contributed by atoms with E-state index in [1.807, 2.05) is 48.5 Å². The number of carbonyl (C=O) groups is 1. The maximum atomic E-state index is 12.5. The first-order valence-corrected chi connectivity index (χ1v) is 8.60. The Morgan fingerprint density at radius 2 is 1.54 bits per heavy atom. The van der Waals surface area contributed by atoms with Crippen molar-refractivity contribution in [2.24, 2.45) is 0 Å². The fraction of sp³-hybridized carbons (Fsp3) is 0.350. The minimum absolute atomic E-state index is 0.0680. The summed E-state index contributed by atoms with van der Waals surface area (Å²) in [5.41, 5.74) is 2.01. The van der Waals surface area contributed by atoms with Crippen LogP contribution in [0.2, 0.25) is 0 Å². The van der Waals surface area contributed by atoms with Gasteiger partial charge in [0.1, 0.15) is 11.5 Å². The molecule has 1 amide bonds. The smallest absolute Gasteiger partial charge is 0.222 e. The SMILES string of the molecule is CCN(CC)CCC(=O)NC1c2ccccc2Oc2ccccc21. The van der Waals surface area contributed by atoms with E-state index in [-0.39, 0.29) is 11.9 Å². The van der Waals surface area contributed by atoms with Crippen LogP contribution in [0.1, 0.15) is 37.4 Å². The van der Waals surface area contributed by atoms with Crippen molar-refractivity contribution in [3.05, 3.63) is 59.7 Å². The molecule has 0 unspecified atom stereocenters. The van der Waals surface area contributed by atoms with Gasteiger partial charge in [-0.1, -0.05) is 50.2 Å². The highest BCUT2D eigenvalue weighted by atomic mass is 16.5. The molecule has 1 heterocycles. The minimum atomic E-state index is -0.157. The number of benzene rings is 2. The topological polar surface area (TPSA) is 41.6 Å². The molecule has 0 aromatic heterocycles. The van der Waals surface area contributed by atoms with Crippen LogP contribution in [0.4, 0.5) is 0 Å². The van der Waals surface area contributed by atoms with Gasteiger partial charge in [-0.3, -0.25) is 4.79 Å². The van der Waals surface area contributed by atoms with Crippen LogP contribution in [0.25, 0.3) is 0 Å². The molecule has 2 aromatic rings. The normalized spacial score (nSPS) is 13.1. The van der Waals surface area contributed by atoms with E-state index in [9.17, 15) is 4.79 Å². The van der Waals surface area contributed by atoms with Crippen LogP contribution in [0.3, 0.4) is 0 Å². The van der Waals surface area contributed by atoms with Gasteiger partial charge >= 0.3 is 0 Å². The van der Waals surface area contributed by atoms with Crippen molar-refractivity contribution in [3.63, 3.8) is 0 Å². The summed E-state index contributed by atoms with van der Waals surface area (Å²) < 4.78 is 5.96. The Hall–Kier alpha value is -2.33. The molecule has 0 fully saturated rings. The summed E-state index contributed by atoms with van der Waals surface area (Å²) in [5, 5.41) is 3.19. The van der Waals surface area contributed by atoms with Crippen molar-refractivity contribution in [2.75, 3.05) is 19.6 Å². The number of rotatable bonds is 6. The molecular formula is C20H24N2O2. The fourth-order valence-corrected chi connectivity index (χ4v) is 3.10. The first kappa shape index (κ1) is 16.5. The summed E-state index contributed by atoms with van der Waals surface area (Å²) >= 11 is 0. The summed E-state index contributed by atoms with van der Waals surface area (Å²) in [5.74, 6) is 1.69. The van der Waals surface area contributed by atoms with Gasteiger partial charge in [0.05, 0.1) is 6.04 Å². The van der Waals surface area contributed by atoms with Crippen LogP contribution in [-0.4, -0.2) is 30.4 Å². The van der Waals surface area contributed by atoms with Gasteiger partial charge in [0.15, 0.2) is 0 Å². The molecule has 24 heavy (non-hydrogen) atoms. The molecule has 2 aromatic carbocycles. The van der Waals surface area contributed by atoms with E-state index < -0.39 is 0 Å². The lowest BCUT2D eigenvalue weighted by atomic mass is 9.94. The van der Waals surface area contributed by atoms with Crippen LogP contribution < -0.4 is 10.1 Å². The van der Waals surface area contributed by atoms with Crippen LogP contribution in [0.15, 0.2) is 48.5 Å². The zero-order chi connectivity index (χ0) is 16.9. The van der Waals surface area contributed by atoms with Crippen molar-refractivity contribution in [1.29, 1.82) is 0 Å². The minimum Gasteiger partial charge on any atom is -0.457 e. The number of nitrogens with one attached hydrogen (secondary N) is 1. The van der Waals surface area contributed by atoms with Crippen LogP contribution >= 0.6 is 0 Å². The summed E-state index contributed by atoms with van der Waals surface area (Å²) in [7, 11) is 0. The molecule has 0 spiro atoms. The largest absolute Gasteiger partial charge is 0.457 e. The number of hydrogen-bond donors (Lipinski definition) is 1. The third kappa shape index (κ3) is 3.44. The molecule has 1 aliphatic heterocycles. The Kier molecular flexibility index (Phi) is 5.16. The molecule has 0 saturated carbocycles. The Morgan fingerprint density at radius 3 is 2.08 bits per heavy atom. The van der Waals surface area contributed by atoms with E-state index in [1.165, 1.54) is 0 Å². The zero-order valence-corrected chi connectivity index (χ0v) is 14.3. The lowest BCUT2D eigenvalue weighted by Gasteiger charge is -2.29. The van der Waals surface area contributed by atoms with Crippen molar-refractivity contribution in [3.8, 4) is 11.5 Å². The standard InChI is InChI=1S/C20H24N2O2/c1-3-22(4-2)14-13-19(23)21-20-15-9-5-7-11-17(15)24-18-12-8-6-10-16(18)20/h5-12,20H,3-4,13-14H2,1-2H3,(H,21,23). The molecule has 3 rings (SSSR count). The molecule has 4 heteroatoms. The van der Waals surface area contributed by atoms with E-state index in [0.717, 1.165) is 42.3 Å². The molecule has 0 bridgehead atoms. The second-order valence-electron chi connectivity index (χ2n) is 5.96. The number of fused-ring (bicyclic) bond motifs is 2. The van der Waals surface area contributed by atoms with Crippen molar-refractivity contribution in [1.82, 2.24) is 10.2 Å². The van der Waals surface area contributed by atoms with Crippen LogP contribution in [0, 0.1) is 0 Å². The van der Waals surface area contributed by atoms with Gasteiger partial charge in [0.2, 0.25) is 5.91 Å². The Labute approximate surface area is 143 Å². The molecule has 0 atom stereocenters. The van der Waals surface area contributed by atoms with E-state index >= 15 is 0 Å². The Balaban J connectivity index is 1.79. The molecule has 1 aliphatic rings. The molecule has 4 nitrogen and oxygen atoms in total. The van der Waals surface area contributed by atoms with Gasteiger partial charge in [-0.2, -0.15) is 0 Å². The van der Waals surface area contributed by atoms with Crippen LogP contribution in [-0.2, 0) is 4.79 Å². The van der Waals surface area contributed by atoms with Gasteiger partial charge < -0.3 is 15.0 Å². The molecule has 1 N–H and O–H groups in total. The van der Waals surface area contributed by atoms with E-state index in [1.54, 1.807) is 0 Å². The highest BCUT2D eigenvalue weighted by Gasteiger charge is 2.27. The van der Waals surface area contributed by atoms with E-state index in [0.29, 0.717) is 6.42 Å². The maximum Gasteiger partial charge on any atom is 0.222 e. The Morgan fingerprint density at radius 1 is 1.00 bits per heavy atom. The second kappa shape index (κ2) is 7.49. The molecule has 126 valence electrons. The number of nitrogens with zero attached hydrogens (tertiary/aromatic N) is 1. The summed E-state index contributed by atoms with van der Waals surface area (Å²) in [6.07, 6.45) is 0.503. The number of para-hydroxylation sites is 2. The summed E-state index contributed by atoms with van der Waals surface area (Å²) in [6, 6.07) is 15.6. The lowest BCUT2D eigenvalue weighted by molar-refractivity contribution is -0.121. The predicted octanol–water partition coefficient (Wildman–Crippen LogP) is 3.73. The molecule has 0 aliphatic carbocycles. The summed E-state index contributed by atoms with van der Waals surface area (Å²) in [6.45, 7) is 6.95. The Bertz CT molecular complexity index is 665. The monoisotopic (exact) mass is 324 g/mol. The number of ether oxygens (including phenoxy) is 1. The number of hydrogen-bond acceptors (Lipinski definition) is 3. The zero-order valence-electron chi connectivity index (χ0n) is 14.3. The van der Waals surface area contributed by atoms with Gasteiger partial charge in [0.25, 0.3) is 0 Å². The number of carbonyl (C=O) groups excluding carboxylic acids is 1. The quantitative estimate of drug-likeness (QED) is 0.880.